The molecule has 44 heavy (non-hydrogen) atoms. The maximum absolute atomic E-state index is 14.1. The topological polar surface area (TPSA) is 96.0 Å². The molecule has 1 atom stereocenters. The highest BCUT2D eigenvalue weighted by Crippen LogP contribution is 2.25. The summed E-state index contributed by atoms with van der Waals surface area (Å²) in [6.07, 6.45) is 6.98. The van der Waals surface area contributed by atoms with Crippen molar-refractivity contribution in [2.45, 2.75) is 70.0 Å². The lowest BCUT2D eigenvalue weighted by Crippen LogP contribution is -2.52. The highest BCUT2D eigenvalue weighted by Gasteiger charge is 2.32. The Morgan fingerprint density at radius 2 is 1.66 bits per heavy atom. The van der Waals surface area contributed by atoms with Crippen LogP contribution in [-0.4, -0.2) is 57.1 Å². The monoisotopic (exact) mass is 639 g/mol. The molecular weight excluding hydrogens is 598 g/mol. The fourth-order valence-electron chi connectivity index (χ4n) is 5.70. The summed E-state index contributed by atoms with van der Waals surface area (Å²) < 4.78 is 32.0. The molecule has 1 aliphatic rings. The smallest absolute Gasteiger partial charge is 0.243 e. The number of ether oxygens (including phenoxy) is 1. The number of hydrogen-bond donors (Lipinski definition) is 1. The molecule has 1 aliphatic carbocycles. The number of carbonyl (C=O) groups excluding carboxylic acids is 2. The van der Waals surface area contributed by atoms with E-state index in [4.69, 9.17) is 16.3 Å². The van der Waals surface area contributed by atoms with Gasteiger partial charge in [0.05, 0.1) is 19.1 Å². The molecule has 236 valence electrons. The van der Waals surface area contributed by atoms with E-state index in [2.05, 4.69) is 5.32 Å². The van der Waals surface area contributed by atoms with Gasteiger partial charge in [-0.05, 0) is 54.7 Å². The zero-order valence-corrected chi connectivity index (χ0v) is 27.0. The number of anilines is 1. The van der Waals surface area contributed by atoms with Crippen molar-refractivity contribution in [2.75, 3.05) is 24.2 Å². The van der Waals surface area contributed by atoms with E-state index >= 15 is 0 Å². The van der Waals surface area contributed by atoms with Crippen LogP contribution in [0.25, 0.3) is 0 Å². The Morgan fingerprint density at radius 3 is 2.34 bits per heavy atom. The molecule has 0 aromatic heterocycles. The van der Waals surface area contributed by atoms with Crippen LogP contribution in [0.15, 0.2) is 78.9 Å². The Kier molecular flexibility index (Phi) is 12.1. The van der Waals surface area contributed by atoms with E-state index < -0.39 is 16.1 Å². The third kappa shape index (κ3) is 9.72. The second-order valence-corrected chi connectivity index (χ2v) is 13.7. The van der Waals surface area contributed by atoms with Crippen molar-refractivity contribution in [2.24, 2.45) is 0 Å². The van der Waals surface area contributed by atoms with Gasteiger partial charge in [0, 0.05) is 43.1 Å². The van der Waals surface area contributed by atoms with Crippen LogP contribution < -0.4 is 14.4 Å². The lowest BCUT2D eigenvalue weighted by atomic mass is 9.94. The molecule has 2 amide bonds. The summed E-state index contributed by atoms with van der Waals surface area (Å²) in [5.41, 5.74) is 2.22. The third-order valence-corrected chi connectivity index (χ3v) is 9.39. The van der Waals surface area contributed by atoms with Crippen molar-refractivity contribution in [3.63, 3.8) is 0 Å². The quantitative estimate of drug-likeness (QED) is 0.234. The van der Waals surface area contributed by atoms with Gasteiger partial charge in [0.2, 0.25) is 21.8 Å². The number of benzene rings is 3. The van der Waals surface area contributed by atoms with Crippen LogP contribution in [0.1, 0.15) is 56.1 Å². The molecule has 3 aromatic rings. The van der Waals surface area contributed by atoms with Crippen LogP contribution >= 0.6 is 11.6 Å². The molecule has 0 saturated heterocycles. The number of nitrogens with one attached hydrogen (secondary N) is 1. The van der Waals surface area contributed by atoms with Crippen LogP contribution in [0, 0.1) is 0 Å². The van der Waals surface area contributed by atoms with E-state index in [1.165, 1.54) is 17.8 Å². The van der Waals surface area contributed by atoms with E-state index in [0.717, 1.165) is 43.1 Å². The first-order valence-electron chi connectivity index (χ1n) is 15.1. The first kappa shape index (κ1) is 33.3. The molecule has 10 heteroatoms. The molecule has 0 heterocycles. The summed E-state index contributed by atoms with van der Waals surface area (Å²) in [5.74, 6) is 0.127. The van der Waals surface area contributed by atoms with Crippen molar-refractivity contribution in [3.8, 4) is 5.75 Å². The third-order valence-electron chi connectivity index (χ3n) is 7.96. The summed E-state index contributed by atoms with van der Waals surface area (Å²) in [4.78, 5) is 29.6. The van der Waals surface area contributed by atoms with Crippen molar-refractivity contribution in [1.82, 2.24) is 10.2 Å². The minimum absolute atomic E-state index is 0.0541. The van der Waals surface area contributed by atoms with E-state index in [1.807, 2.05) is 42.5 Å². The first-order chi connectivity index (χ1) is 21.1. The molecule has 1 fully saturated rings. The second-order valence-electron chi connectivity index (χ2n) is 11.3. The minimum Gasteiger partial charge on any atom is -0.497 e. The van der Waals surface area contributed by atoms with Crippen molar-refractivity contribution in [1.29, 1.82) is 0 Å². The zero-order chi connectivity index (χ0) is 31.5. The standard InChI is InChI=1S/C34H42ClN3O5S/c1-43-31-19-10-18-30(24-31)38(44(2,41)42)21-11-20-33(39)37(25-27-14-9-15-28(35)22-27)32(23-26-12-5-3-6-13-26)34(40)36-29-16-7-4-8-17-29/h3,5-6,9-10,12-15,18-19,22,24,29,32H,4,7-8,11,16-17,20-21,23,25H2,1-2H3,(H,36,40)/t32-/m1/s1. The fraction of sp³-hybridized carbons (Fsp3) is 0.412. The molecule has 4 rings (SSSR count). The zero-order valence-electron chi connectivity index (χ0n) is 25.5. The second kappa shape index (κ2) is 16.0. The minimum atomic E-state index is -3.63. The van der Waals surface area contributed by atoms with Crippen LogP contribution in [0.5, 0.6) is 5.75 Å². The van der Waals surface area contributed by atoms with Gasteiger partial charge in [-0.25, -0.2) is 8.42 Å². The number of sulfonamides is 1. The highest BCUT2D eigenvalue weighted by atomic mass is 35.5. The largest absolute Gasteiger partial charge is 0.497 e. The average molecular weight is 640 g/mol. The summed E-state index contributed by atoms with van der Waals surface area (Å²) in [7, 11) is -2.11. The SMILES string of the molecule is COc1cccc(N(CCCC(=O)N(Cc2cccc(Cl)c2)[C@H](Cc2ccccc2)C(=O)NC2CCCCC2)S(C)(=O)=O)c1. The van der Waals surface area contributed by atoms with E-state index in [9.17, 15) is 18.0 Å². The molecule has 0 spiro atoms. The summed E-state index contributed by atoms with van der Waals surface area (Å²) in [6, 6.07) is 23.1. The number of carbonyl (C=O) groups is 2. The molecule has 1 saturated carbocycles. The van der Waals surface area contributed by atoms with Gasteiger partial charge in [-0.15, -0.1) is 0 Å². The van der Waals surface area contributed by atoms with E-state index in [-0.39, 0.29) is 43.8 Å². The van der Waals surface area contributed by atoms with Crippen LogP contribution in [0.3, 0.4) is 0 Å². The van der Waals surface area contributed by atoms with Crippen LogP contribution in [0.4, 0.5) is 5.69 Å². The molecule has 1 N–H and O–H groups in total. The van der Waals surface area contributed by atoms with Gasteiger partial charge in [0.1, 0.15) is 11.8 Å². The van der Waals surface area contributed by atoms with Crippen molar-refractivity contribution in [3.05, 3.63) is 95.0 Å². The lowest BCUT2D eigenvalue weighted by Gasteiger charge is -2.34. The van der Waals surface area contributed by atoms with Gasteiger partial charge in [-0.1, -0.05) is 79.4 Å². The Balaban J connectivity index is 1.59. The number of methoxy groups -OCH3 is 1. The van der Waals surface area contributed by atoms with Crippen LogP contribution in [0.2, 0.25) is 5.02 Å². The molecule has 0 aliphatic heterocycles. The van der Waals surface area contributed by atoms with Gasteiger partial charge >= 0.3 is 0 Å². The molecule has 3 aromatic carbocycles. The number of amides is 2. The Labute approximate surface area is 266 Å². The first-order valence-corrected chi connectivity index (χ1v) is 17.4. The lowest BCUT2D eigenvalue weighted by molar-refractivity contribution is -0.141. The Morgan fingerprint density at radius 1 is 0.955 bits per heavy atom. The van der Waals surface area contributed by atoms with Gasteiger partial charge in [-0.2, -0.15) is 0 Å². The Hall–Kier alpha value is -3.56. The number of halogens is 1. The van der Waals surface area contributed by atoms with Crippen molar-refractivity contribution < 1.29 is 22.7 Å². The molecule has 8 nitrogen and oxygen atoms in total. The maximum atomic E-state index is 14.1. The van der Waals surface area contributed by atoms with E-state index in [1.54, 1.807) is 41.3 Å². The summed E-state index contributed by atoms with van der Waals surface area (Å²) >= 11 is 6.30. The molecule has 0 radical (unpaired) electrons. The van der Waals surface area contributed by atoms with E-state index in [0.29, 0.717) is 22.9 Å². The average Bonchev–Trinajstić information content (AvgIpc) is 3.01. The fourth-order valence-corrected chi connectivity index (χ4v) is 6.87. The van der Waals surface area contributed by atoms with Gasteiger partial charge in [-0.3, -0.25) is 13.9 Å². The highest BCUT2D eigenvalue weighted by molar-refractivity contribution is 7.92. The number of rotatable bonds is 14. The molecule has 0 unspecified atom stereocenters. The van der Waals surface area contributed by atoms with Gasteiger partial charge < -0.3 is 15.0 Å². The number of hydrogen-bond acceptors (Lipinski definition) is 5. The van der Waals surface area contributed by atoms with Gasteiger partial charge in [0.25, 0.3) is 0 Å². The predicted octanol–water partition coefficient (Wildman–Crippen LogP) is 5.98. The summed E-state index contributed by atoms with van der Waals surface area (Å²) in [5, 5.41) is 3.78. The normalized spacial score (nSPS) is 14.4. The molecular formula is C34H42ClN3O5S. The number of nitrogens with zero attached hydrogens (tertiary/aromatic N) is 2. The summed E-state index contributed by atoms with van der Waals surface area (Å²) in [6.45, 7) is 0.293. The predicted molar refractivity (Wildman–Crippen MR) is 175 cm³/mol. The molecule has 0 bridgehead atoms. The Bertz CT molecular complexity index is 1500. The maximum Gasteiger partial charge on any atom is 0.243 e. The van der Waals surface area contributed by atoms with Crippen molar-refractivity contribution >= 4 is 39.1 Å². The van der Waals surface area contributed by atoms with Gasteiger partial charge in [0.15, 0.2) is 0 Å². The van der Waals surface area contributed by atoms with Crippen LogP contribution in [-0.2, 0) is 32.6 Å².